The third kappa shape index (κ3) is 4.23. The van der Waals surface area contributed by atoms with Crippen LogP contribution in [0.15, 0.2) is 24.3 Å². The molecule has 5 nitrogen and oxygen atoms in total. The zero-order valence-electron chi connectivity index (χ0n) is 14.1. The first kappa shape index (κ1) is 18.0. The number of rotatable bonds is 6. The summed E-state index contributed by atoms with van der Waals surface area (Å²) < 4.78 is 18.3. The van der Waals surface area contributed by atoms with Crippen LogP contribution in [-0.4, -0.2) is 30.6 Å². The van der Waals surface area contributed by atoms with Crippen molar-refractivity contribution < 1.29 is 13.9 Å². The number of aromatic nitrogens is 1. The van der Waals surface area contributed by atoms with Crippen LogP contribution in [0.25, 0.3) is 10.6 Å². The monoisotopic (exact) mass is 363 g/mol. The molecule has 2 unspecified atom stereocenters. The Morgan fingerprint density at radius 1 is 1.48 bits per heavy atom. The molecule has 1 heterocycles. The molecule has 3 N–H and O–H groups in total. The van der Waals surface area contributed by atoms with Crippen LogP contribution in [0.4, 0.5) is 4.39 Å². The van der Waals surface area contributed by atoms with E-state index >= 15 is 0 Å². The van der Waals surface area contributed by atoms with Crippen molar-refractivity contribution in [1.82, 2.24) is 10.3 Å². The maximum absolute atomic E-state index is 13.1. The second-order valence-electron chi connectivity index (χ2n) is 6.15. The fourth-order valence-electron chi connectivity index (χ4n) is 3.00. The number of benzene rings is 1. The summed E-state index contributed by atoms with van der Waals surface area (Å²) in [7, 11) is 1.56. The predicted molar refractivity (Wildman–Crippen MR) is 95.8 cm³/mol. The van der Waals surface area contributed by atoms with Crippen LogP contribution in [0.2, 0.25) is 0 Å². The zero-order valence-corrected chi connectivity index (χ0v) is 14.9. The number of thiazole rings is 1. The van der Waals surface area contributed by atoms with Crippen LogP contribution in [0.1, 0.15) is 35.9 Å². The lowest BCUT2D eigenvalue weighted by atomic mass is 9.98. The Kier molecular flexibility index (Phi) is 5.78. The summed E-state index contributed by atoms with van der Waals surface area (Å²) in [6.45, 7) is 0.315. The van der Waals surface area contributed by atoms with E-state index < -0.39 is 0 Å². The number of aryl methyl sites for hydroxylation is 1. The average Bonchev–Trinajstić information content (AvgIpc) is 3.05. The van der Waals surface area contributed by atoms with E-state index in [2.05, 4.69) is 5.32 Å². The largest absolute Gasteiger partial charge is 0.380 e. The van der Waals surface area contributed by atoms with Gasteiger partial charge in [0.1, 0.15) is 10.8 Å². The maximum Gasteiger partial charge on any atom is 0.223 e. The lowest BCUT2D eigenvalue weighted by molar-refractivity contribution is -0.124. The average molecular weight is 363 g/mol. The normalized spacial score (nSPS) is 17.8. The van der Waals surface area contributed by atoms with Crippen molar-refractivity contribution in [2.45, 2.75) is 37.8 Å². The number of amides is 1. The molecule has 1 aromatic carbocycles. The van der Waals surface area contributed by atoms with Gasteiger partial charge in [-0.25, -0.2) is 9.37 Å². The number of carbonyl (C=O) groups excluding carboxylic acids is 1. The molecule has 3 rings (SSSR count). The number of hydrogen-bond acceptors (Lipinski definition) is 5. The zero-order chi connectivity index (χ0) is 17.8. The van der Waals surface area contributed by atoms with E-state index in [1.165, 1.54) is 12.1 Å². The molecule has 0 saturated heterocycles. The molecule has 25 heavy (non-hydrogen) atoms. The molecule has 7 heteroatoms. The number of ether oxygens (including phenoxy) is 1. The van der Waals surface area contributed by atoms with E-state index in [1.54, 1.807) is 30.6 Å². The number of nitrogens with zero attached hydrogens (tertiary/aromatic N) is 1. The highest BCUT2D eigenvalue weighted by molar-refractivity contribution is 7.15. The number of methoxy groups -OCH3 is 1. The molecule has 2 aromatic rings. The Balaban J connectivity index is 1.75. The Morgan fingerprint density at radius 3 is 2.92 bits per heavy atom. The first-order valence-electron chi connectivity index (χ1n) is 8.38. The van der Waals surface area contributed by atoms with Gasteiger partial charge in [0.25, 0.3) is 0 Å². The summed E-state index contributed by atoms with van der Waals surface area (Å²) in [5, 5.41) is 3.95. The third-order valence-electron chi connectivity index (χ3n) is 4.39. The smallest absolute Gasteiger partial charge is 0.223 e. The Labute approximate surface area is 150 Å². The van der Waals surface area contributed by atoms with Crippen molar-refractivity contribution in [1.29, 1.82) is 0 Å². The number of nitrogens with one attached hydrogen (secondary N) is 1. The van der Waals surface area contributed by atoms with Crippen LogP contribution in [0.3, 0.4) is 0 Å². The highest BCUT2D eigenvalue weighted by Crippen LogP contribution is 2.38. The summed E-state index contributed by atoms with van der Waals surface area (Å²) in [5.41, 5.74) is 7.51. The lowest BCUT2D eigenvalue weighted by Gasteiger charge is -2.23. The van der Waals surface area contributed by atoms with Gasteiger partial charge in [-0.1, -0.05) is 0 Å². The predicted octanol–water partition coefficient (Wildman–Crippen LogP) is 2.81. The molecule has 0 fully saturated rings. The molecular weight excluding hydrogens is 341 g/mol. The van der Waals surface area contributed by atoms with E-state index in [4.69, 9.17) is 15.5 Å². The van der Waals surface area contributed by atoms with Crippen LogP contribution in [0, 0.1) is 5.82 Å². The van der Waals surface area contributed by atoms with Crippen molar-refractivity contribution in [3.05, 3.63) is 40.7 Å². The number of halogens is 1. The second kappa shape index (κ2) is 8.03. The van der Waals surface area contributed by atoms with Gasteiger partial charge in [0.2, 0.25) is 5.91 Å². The fourth-order valence-corrected chi connectivity index (χ4v) is 4.20. The van der Waals surface area contributed by atoms with E-state index in [0.717, 1.165) is 40.4 Å². The molecule has 2 atom stereocenters. The number of fused-ring (bicyclic) bond motifs is 1. The van der Waals surface area contributed by atoms with Crippen LogP contribution >= 0.6 is 11.3 Å². The molecule has 1 aliphatic rings. The first-order valence-corrected chi connectivity index (χ1v) is 9.20. The molecule has 0 radical (unpaired) electrons. The van der Waals surface area contributed by atoms with Gasteiger partial charge in [0, 0.05) is 19.2 Å². The molecule has 0 spiro atoms. The standard InChI is InChI=1S/C18H22FN3O2S/c1-24-13(10-20)9-16(23)21-14-3-2-4-15-17(14)25-18(22-15)11-5-7-12(19)8-6-11/h5-8,13-14H,2-4,9-10,20H2,1H3,(H,21,23). The summed E-state index contributed by atoms with van der Waals surface area (Å²) in [6.07, 6.45) is 2.77. The van der Waals surface area contributed by atoms with Crippen molar-refractivity contribution in [2.24, 2.45) is 5.73 Å². The summed E-state index contributed by atoms with van der Waals surface area (Å²) in [6, 6.07) is 6.31. The molecule has 0 saturated carbocycles. The van der Waals surface area contributed by atoms with Gasteiger partial charge in [0.15, 0.2) is 0 Å². The van der Waals surface area contributed by atoms with E-state index in [1.807, 2.05) is 0 Å². The Bertz CT molecular complexity index is 728. The first-order chi connectivity index (χ1) is 12.1. The fraction of sp³-hybridized carbons (Fsp3) is 0.444. The molecule has 1 aromatic heterocycles. The van der Waals surface area contributed by atoms with Crippen LogP contribution in [-0.2, 0) is 16.0 Å². The van der Waals surface area contributed by atoms with Crippen LogP contribution < -0.4 is 11.1 Å². The van der Waals surface area contributed by atoms with Gasteiger partial charge >= 0.3 is 0 Å². The van der Waals surface area contributed by atoms with Gasteiger partial charge < -0.3 is 15.8 Å². The van der Waals surface area contributed by atoms with E-state index in [-0.39, 0.29) is 30.3 Å². The Hall–Kier alpha value is -1.83. The lowest BCUT2D eigenvalue weighted by Crippen LogP contribution is -2.35. The molecule has 0 aliphatic heterocycles. The van der Waals surface area contributed by atoms with Crippen molar-refractivity contribution in [3.8, 4) is 10.6 Å². The second-order valence-corrected chi connectivity index (χ2v) is 7.18. The highest BCUT2D eigenvalue weighted by atomic mass is 32.1. The molecule has 1 aliphatic carbocycles. The van der Waals surface area contributed by atoms with Crippen molar-refractivity contribution >= 4 is 17.2 Å². The van der Waals surface area contributed by atoms with E-state index in [9.17, 15) is 9.18 Å². The number of hydrogen-bond donors (Lipinski definition) is 2. The van der Waals surface area contributed by atoms with Gasteiger partial charge in [-0.05, 0) is 43.5 Å². The SMILES string of the molecule is COC(CN)CC(=O)NC1CCCc2nc(-c3ccc(F)cc3)sc21. The minimum Gasteiger partial charge on any atom is -0.380 e. The summed E-state index contributed by atoms with van der Waals surface area (Å²) >= 11 is 1.57. The topological polar surface area (TPSA) is 77.2 Å². The van der Waals surface area contributed by atoms with Gasteiger partial charge in [-0.3, -0.25) is 4.79 Å². The number of carbonyl (C=O) groups is 1. The molecule has 0 bridgehead atoms. The van der Waals surface area contributed by atoms with Gasteiger partial charge in [-0.15, -0.1) is 11.3 Å². The summed E-state index contributed by atoms with van der Waals surface area (Å²) in [4.78, 5) is 18.1. The van der Waals surface area contributed by atoms with Crippen molar-refractivity contribution in [3.63, 3.8) is 0 Å². The van der Waals surface area contributed by atoms with Crippen LogP contribution in [0.5, 0.6) is 0 Å². The minimum atomic E-state index is -0.265. The molecule has 134 valence electrons. The third-order valence-corrected chi connectivity index (χ3v) is 5.65. The highest BCUT2D eigenvalue weighted by Gasteiger charge is 2.27. The minimum absolute atomic E-state index is 0.0294. The summed E-state index contributed by atoms with van der Waals surface area (Å²) in [5.74, 6) is -0.324. The van der Waals surface area contributed by atoms with Gasteiger partial charge in [-0.2, -0.15) is 0 Å². The Morgan fingerprint density at radius 2 is 2.24 bits per heavy atom. The maximum atomic E-state index is 13.1. The molecular formula is C18H22FN3O2S. The van der Waals surface area contributed by atoms with Gasteiger partial charge in [0.05, 0.1) is 29.1 Å². The molecule has 1 amide bonds. The quantitative estimate of drug-likeness (QED) is 0.827. The van der Waals surface area contributed by atoms with E-state index in [0.29, 0.717) is 6.54 Å². The number of nitrogens with two attached hydrogens (primary N) is 1. The van der Waals surface area contributed by atoms with Crippen molar-refractivity contribution in [2.75, 3.05) is 13.7 Å².